The first-order valence-corrected chi connectivity index (χ1v) is 39.2. The average molecular weight is 1480 g/mol. The molecule has 0 radical (unpaired) electrons. The van der Waals surface area contributed by atoms with Crippen LogP contribution in [0, 0.1) is 0 Å². The van der Waals surface area contributed by atoms with Crippen LogP contribution in [0.15, 0.2) is 370 Å². The summed E-state index contributed by atoms with van der Waals surface area (Å²) >= 11 is 0. The van der Waals surface area contributed by atoms with E-state index in [2.05, 4.69) is 273 Å². The molecule has 0 bridgehead atoms. The van der Waals surface area contributed by atoms with Crippen molar-refractivity contribution in [3.63, 3.8) is 0 Å². The highest BCUT2D eigenvalue weighted by molar-refractivity contribution is 6.18. The molecule has 10 heteroatoms. The molecule has 540 valence electrons. The molecular weight excluding hydrogens is 1420 g/mol. The Kier molecular flexibility index (Phi) is 14.6. The van der Waals surface area contributed by atoms with Crippen LogP contribution in [0.4, 0.5) is 0 Å². The fourth-order valence-corrected chi connectivity index (χ4v) is 18.0. The van der Waals surface area contributed by atoms with Crippen molar-refractivity contribution in [2.45, 2.75) is 12.8 Å². The zero-order valence-electron chi connectivity index (χ0n) is 62.2. The van der Waals surface area contributed by atoms with E-state index < -0.39 is 0 Å². The van der Waals surface area contributed by atoms with E-state index in [-0.39, 0.29) is 0 Å². The minimum Gasteiger partial charge on any atom is -0.456 e. The van der Waals surface area contributed by atoms with Gasteiger partial charge in [-0.25, -0.2) is 29.9 Å². The Morgan fingerprint density at radius 1 is 0.172 bits per heavy atom. The average Bonchev–Trinajstić information content (AvgIpc) is 1.57. The molecule has 0 spiro atoms. The largest absolute Gasteiger partial charge is 0.456 e. The van der Waals surface area contributed by atoms with Crippen LogP contribution in [-0.2, 0) is 12.8 Å². The molecule has 6 heterocycles. The van der Waals surface area contributed by atoms with Crippen molar-refractivity contribution in [1.29, 1.82) is 0 Å². The maximum atomic E-state index is 6.96. The highest BCUT2D eigenvalue weighted by Gasteiger charge is 2.27. The number of fused-ring (bicyclic) bond motifs is 18. The maximum Gasteiger partial charge on any atom is 0.167 e. The summed E-state index contributed by atoms with van der Waals surface area (Å²) < 4.78 is 27.2. The summed E-state index contributed by atoms with van der Waals surface area (Å²) in [6, 6.07) is 123. The highest BCUT2D eigenvalue weighted by Crippen LogP contribution is 2.48. The molecule has 10 nitrogen and oxygen atoms in total. The first-order chi connectivity index (χ1) is 57.4. The Bertz CT molecular complexity index is 8050. The Hall–Kier alpha value is -15.5. The number of benzene rings is 17. The van der Waals surface area contributed by atoms with E-state index in [0.29, 0.717) is 46.1 Å². The summed E-state index contributed by atoms with van der Waals surface area (Å²) in [4.78, 5) is 32.2. The van der Waals surface area contributed by atoms with Crippen molar-refractivity contribution in [3.05, 3.63) is 363 Å². The van der Waals surface area contributed by atoms with E-state index in [1.807, 2.05) is 78.9 Å². The fraction of sp³-hybridized carbons (Fsp3) is 0.0189. The molecule has 0 atom stereocenters. The zero-order valence-corrected chi connectivity index (χ0v) is 62.2. The smallest absolute Gasteiger partial charge is 0.167 e. The zero-order chi connectivity index (χ0) is 76.1. The van der Waals surface area contributed by atoms with E-state index in [9.17, 15) is 0 Å². The van der Waals surface area contributed by atoms with Crippen molar-refractivity contribution in [2.75, 3.05) is 0 Å². The van der Waals surface area contributed by atoms with Gasteiger partial charge in [-0.3, -0.25) is 0 Å². The Balaban J connectivity index is 0.580. The standard InChI is InChI=1S/C106H62N6O4/c1-3-21-63(22-4-1)101-107-103(82-29-13-11-27-77(82)79-31-16-36-93-97(79)88-58-68(47-53-91(88)113-93)65-43-49-75-71(55-65)41-39-61-19-7-9-25-73(61)75)111-105(109-101)85-34-18-38-95-99(85)84-51-45-70(60-96(84)115-95)67-46-52-90-87(57-67)81-33-15-35-86(100(81)116-90)106-110-102(64-23-5-2-6-24-64)108-104(112-106)83-30-14-12-28-78(83)80-32-17-37-94-98(80)89-59-69(48-54-92(89)114-94)66-44-50-76-72(56-66)42-40-62-20-8-10-26-74(62)76/h1-39,41,43-60H,40,42H2. The van der Waals surface area contributed by atoms with Gasteiger partial charge < -0.3 is 17.7 Å². The third-order valence-corrected chi connectivity index (χ3v) is 23.5. The van der Waals surface area contributed by atoms with Gasteiger partial charge in [0.05, 0.1) is 5.56 Å². The normalized spacial score (nSPS) is 12.2. The second-order valence-corrected chi connectivity index (χ2v) is 30.2. The molecule has 0 amide bonds. The lowest BCUT2D eigenvalue weighted by atomic mass is 9.84. The Labute approximate surface area is 663 Å². The summed E-state index contributed by atoms with van der Waals surface area (Å²) in [5.74, 6) is 3.17. The minimum absolute atomic E-state index is 0.487. The summed E-state index contributed by atoms with van der Waals surface area (Å²) in [7, 11) is 0. The molecule has 0 saturated carbocycles. The molecule has 0 fully saturated rings. The molecular formula is C106H62N6O4. The van der Waals surface area contributed by atoms with Gasteiger partial charge in [-0.15, -0.1) is 0 Å². The lowest BCUT2D eigenvalue weighted by molar-refractivity contribution is 0.668. The summed E-state index contributed by atoms with van der Waals surface area (Å²) in [5, 5.41) is 12.7. The molecule has 1 aliphatic carbocycles. The maximum absolute atomic E-state index is 6.96. The van der Waals surface area contributed by atoms with Crippen LogP contribution < -0.4 is 0 Å². The molecule has 116 heavy (non-hydrogen) atoms. The topological polar surface area (TPSA) is 130 Å². The molecule has 6 aromatic heterocycles. The molecule has 0 saturated heterocycles. The van der Waals surface area contributed by atoms with Crippen LogP contribution in [0.1, 0.15) is 11.1 Å². The lowest BCUT2D eigenvalue weighted by Crippen LogP contribution is -2.03. The van der Waals surface area contributed by atoms with Crippen molar-refractivity contribution in [3.8, 4) is 135 Å². The molecule has 0 N–H and O–H groups in total. The lowest BCUT2D eigenvalue weighted by Gasteiger charge is -2.20. The predicted octanol–water partition coefficient (Wildman–Crippen LogP) is 28.1. The van der Waals surface area contributed by atoms with Crippen LogP contribution in [0.5, 0.6) is 0 Å². The van der Waals surface area contributed by atoms with Crippen LogP contribution in [0.3, 0.4) is 0 Å². The quantitative estimate of drug-likeness (QED) is 0.115. The van der Waals surface area contributed by atoms with Gasteiger partial charge in [0, 0.05) is 70.9 Å². The fourth-order valence-electron chi connectivity index (χ4n) is 18.0. The van der Waals surface area contributed by atoms with Crippen molar-refractivity contribution in [1.82, 2.24) is 29.9 Å². The van der Waals surface area contributed by atoms with Gasteiger partial charge in [-0.2, -0.15) is 0 Å². The predicted molar refractivity (Wildman–Crippen MR) is 470 cm³/mol. The number of furan rings is 4. The molecule has 0 unspecified atom stereocenters. The van der Waals surface area contributed by atoms with Crippen molar-refractivity contribution in [2.24, 2.45) is 0 Å². The number of hydrogen-bond acceptors (Lipinski definition) is 10. The van der Waals surface area contributed by atoms with E-state index >= 15 is 0 Å². The van der Waals surface area contributed by atoms with E-state index in [1.54, 1.807) is 0 Å². The number of para-hydroxylation sites is 1. The van der Waals surface area contributed by atoms with Gasteiger partial charge in [0.1, 0.15) is 44.7 Å². The Morgan fingerprint density at radius 2 is 0.569 bits per heavy atom. The van der Waals surface area contributed by atoms with Crippen LogP contribution in [0.25, 0.3) is 244 Å². The second-order valence-electron chi connectivity index (χ2n) is 30.2. The SMILES string of the molecule is c1ccc(-c2nc(-c3ccccc3-c3cccc4oc5ccc(-c6ccc7c(c6)CCc6ccccc6-7)cc5c34)nc(-c3cccc4c3oc3ccc(-c5ccc6c(c5)oc5cccc(-c7nc(-c8ccccc8)nc(-c8ccccc8-c8cccc9oc%10ccc(-c%11ccc%12c(ccc%13ccccc%13%12)c%11)cc%10c89)n7)c56)cc34)n2)cc1. The number of aromatic nitrogens is 6. The number of rotatable bonds is 11. The summed E-state index contributed by atoms with van der Waals surface area (Å²) in [6.07, 6.45) is 2.04. The molecule has 24 rings (SSSR count). The molecule has 1 aliphatic rings. The third kappa shape index (κ3) is 10.6. The van der Waals surface area contributed by atoms with Gasteiger partial charge in [0.15, 0.2) is 34.9 Å². The van der Waals surface area contributed by atoms with Crippen LogP contribution in [0.2, 0.25) is 0 Å². The van der Waals surface area contributed by atoms with Crippen LogP contribution in [-0.4, -0.2) is 29.9 Å². The number of hydrogen-bond donors (Lipinski definition) is 0. The number of nitrogens with zero attached hydrogens (tertiary/aromatic N) is 6. The monoisotopic (exact) mass is 1480 g/mol. The van der Waals surface area contributed by atoms with Crippen molar-refractivity contribution < 1.29 is 17.7 Å². The van der Waals surface area contributed by atoms with Gasteiger partial charge in [-0.05, 0) is 191 Å². The van der Waals surface area contributed by atoms with E-state index in [0.717, 1.165) is 173 Å². The van der Waals surface area contributed by atoms with Crippen LogP contribution >= 0.6 is 0 Å². The van der Waals surface area contributed by atoms with Gasteiger partial charge in [0.2, 0.25) is 0 Å². The minimum atomic E-state index is 0.487. The first kappa shape index (κ1) is 65.2. The third-order valence-electron chi connectivity index (χ3n) is 23.5. The van der Waals surface area contributed by atoms with Gasteiger partial charge >= 0.3 is 0 Å². The Morgan fingerprint density at radius 3 is 1.21 bits per heavy atom. The molecule has 17 aromatic carbocycles. The second kappa shape index (κ2) is 26.0. The first-order valence-electron chi connectivity index (χ1n) is 39.2. The number of aryl methyl sites for hydroxylation is 2. The highest BCUT2D eigenvalue weighted by atomic mass is 16.3. The summed E-state index contributed by atoms with van der Waals surface area (Å²) in [5.41, 5.74) is 27.0. The van der Waals surface area contributed by atoms with E-state index in [4.69, 9.17) is 47.6 Å². The van der Waals surface area contributed by atoms with Gasteiger partial charge in [0.25, 0.3) is 0 Å². The molecule has 0 aliphatic heterocycles. The molecule has 23 aromatic rings. The van der Waals surface area contributed by atoms with Gasteiger partial charge in [-0.1, -0.05) is 273 Å². The van der Waals surface area contributed by atoms with Crippen molar-refractivity contribution >= 4 is 109 Å². The van der Waals surface area contributed by atoms with E-state index in [1.165, 1.54) is 49.4 Å². The summed E-state index contributed by atoms with van der Waals surface area (Å²) in [6.45, 7) is 0.